The largest absolute Gasteiger partial charge is 0.466 e. The average Bonchev–Trinajstić information content (AvgIpc) is 3.25. The van der Waals surface area contributed by atoms with E-state index in [1.165, 1.54) is 16.7 Å². The quantitative estimate of drug-likeness (QED) is 0.140. The Hall–Kier alpha value is -3.46. The summed E-state index contributed by atoms with van der Waals surface area (Å²) in [5, 5.41) is 10.8. The standard InChI is InChI=1S/C31H37N5O3S/c1-4-39-30(38)24-8-7-16-35(20-24)27(37)9-5-6-17-40-31-32-29-28(33-34-31)25-18-22(3)12-15-26(25)36(29)19-23-13-10-21(2)11-14-23/h10-15,18,24H,4-9,16-17,19-20H2,1-3H3. The highest BCUT2D eigenvalue weighted by Gasteiger charge is 2.29. The Labute approximate surface area is 239 Å². The van der Waals surface area contributed by atoms with Crippen LogP contribution in [0.3, 0.4) is 0 Å². The van der Waals surface area contributed by atoms with E-state index in [9.17, 15) is 9.59 Å². The van der Waals surface area contributed by atoms with Gasteiger partial charge in [0.25, 0.3) is 0 Å². The molecule has 1 amide bonds. The summed E-state index contributed by atoms with van der Waals surface area (Å²) in [6.45, 7) is 8.28. The van der Waals surface area contributed by atoms with Crippen molar-refractivity contribution in [1.82, 2.24) is 24.6 Å². The average molecular weight is 560 g/mol. The molecule has 1 atom stereocenters. The maximum atomic E-state index is 12.7. The predicted octanol–water partition coefficient (Wildman–Crippen LogP) is 5.71. The van der Waals surface area contributed by atoms with Crippen LogP contribution in [0.2, 0.25) is 0 Å². The van der Waals surface area contributed by atoms with E-state index in [-0.39, 0.29) is 17.8 Å². The summed E-state index contributed by atoms with van der Waals surface area (Å²) in [4.78, 5) is 31.6. The molecule has 0 radical (unpaired) electrons. The fourth-order valence-corrected chi connectivity index (χ4v) is 6.09. The van der Waals surface area contributed by atoms with Gasteiger partial charge in [0, 0.05) is 37.2 Å². The van der Waals surface area contributed by atoms with Crippen molar-refractivity contribution < 1.29 is 14.3 Å². The Balaban J connectivity index is 1.21. The SMILES string of the molecule is CCOC(=O)C1CCCN(C(=O)CCCCSc2nnc3c4cc(C)ccc4n(Cc4ccc(C)cc4)c3n2)C1. The van der Waals surface area contributed by atoms with Crippen LogP contribution in [0.25, 0.3) is 22.1 Å². The second-order valence-corrected chi connectivity index (χ2v) is 11.7. The number of hydrogen-bond donors (Lipinski definition) is 0. The molecule has 2 aromatic heterocycles. The minimum atomic E-state index is -0.196. The zero-order valence-electron chi connectivity index (χ0n) is 23.6. The van der Waals surface area contributed by atoms with Gasteiger partial charge < -0.3 is 14.2 Å². The molecule has 0 spiro atoms. The van der Waals surface area contributed by atoms with Gasteiger partial charge in [-0.15, -0.1) is 10.2 Å². The molecule has 8 nitrogen and oxygen atoms in total. The fraction of sp³-hybridized carbons (Fsp3) is 0.452. The van der Waals surface area contributed by atoms with Crippen LogP contribution in [-0.4, -0.2) is 62.0 Å². The van der Waals surface area contributed by atoms with Crippen molar-refractivity contribution in [2.45, 2.75) is 64.6 Å². The second-order valence-electron chi connectivity index (χ2n) is 10.6. The smallest absolute Gasteiger partial charge is 0.310 e. The van der Waals surface area contributed by atoms with E-state index in [1.54, 1.807) is 11.8 Å². The number of esters is 1. The molecule has 0 N–H and O–H groups in total. The number of likely N-dealkylation sites (tertiary alicyclic amines) is 1. The summed E-state index contributed by atoms with van der Waals surface area (Å²) in [5.74, 6) is 0.547. The van der Waals surface area contributed by atoms with Gasteiger partial charge in [-0.05, 0) is 64.2 Å². The van der Waals surface area contributed by atoms with E-state index in [0.717, 1.165) is 60.0 Å². The number of unbranched alkanes of at least 4 members (excludes halogenated alkanes) is 1. The summed E-state index contributed by atoms with van der Waals surface area (Å²) in [5.41, 5.74) is 6.40. The van der Waals surface area contributed by atoms with Gasteiger partial charge in [-0.25, -0.2) is 4.98 Å². The van der Waals surface area contributed by atoms with Crippen molar-refractivity contribution >= 4 is 45.7 Å². The zero-order valence-corrected chi connectivity index (χ0v) is 24.4. The first-order chi connectivity index (χ1) is 19.4. The van der Waals surface area contributed by atoms with Crippen molar-refractivity contribution in [3.05, 3.63) is 59.2 Å². The number of aryl methyl sites for hydroxylation is 2. The molecule has 1 unspecified atom stereocenters. The van der Waals surface area contributed by atoms with Gasteiger partial charge in [0.2, 0.25) is 11.1 Å². The number of hydrogen-bond acceptors (Lipinski definition) is 7. The van der Waals surface area contributed by atoms with E-state index < -0.39 is 0 Å². The van der Waals surface area contributed by atoms with Crippen molar-refractivity contribution in [1.29, 1.82) is 0 Å². The molecule has 0 aliphatic carbocycles. The Morgan fingerprint density at radius 2 is 1.85 bits per heavy atom. The molecule has 1 aliphatic heterocycles. The molecular weight excluding hydrogens is 522 g/mol. The molecule has 2 aromatic carbocycles. The topological polar surface area (TPSA) is 90.2 Å². The van der Waals surface area contributed by atoms with Crippen molar-refractivity contribution in [2.75, 3.05) is 25.4 Å². The number of carbonyl (C=O) groups is 2. The number of carbonyl (C=O) groups excluding carboxylic acids is 2. The maximum Gasteiger partial charge on any atom is 0.310 e. The maximum absolute atomic E-state index is 12.7. The molecule has 1 saturated heterocycles. The van der Waals surface area contributed by atoms with E-state index in [2.05, 4.69) is 71.1 Å². The summed E-state index contributed by atoms with van der Waals surface area (Å²) >= 11 is 1.58. The van der Waals surface area contributed by atoms with E-state index in [1.807, 2.05) is 11.8 Å². The summed E-state index contributed by atoms with van der Waals surface area (Å²) in [6, 6.07) is 15.0. The molecule has 0 saturated carbocycles. The molecule has 5 rings (SSSR count). The molecule has 210 valence electrons. The number of nitrogens with zero attached hydrogens (tertiary/aromatic N) is 5. The van der Waals surface area contributed by atoms with E-state index in [0.29, 0.717) is 31.3 Å². The van der Waals surface area contributed by atoms with Gasteiger partial charge in [-0.3, -0.25) is 9.59 Å². The molecule has 3 heterocycles. The number of benzene rings is 2. The molecule has 4 aromatic rings. The predicted molar refractivity (Wildman–Crippen MR) is 158 cm³/mol. The lowest BCUT2D eigenvalue weighted by Crippen LogP contribution is -2.42. The first kappa shape index (κ1) is 28.1. The van der Waals surface area contributed by atoms with Crippen LogP contribution >= 0.6 is 11.8 Å². The number of fused-ring (bicyclic) bond motifs is 3. The van der Waals surface area contributed by atoms with Crippen LogP contribution in [0.5, 0.6) is 0 Å². The van der Waals surface area contributed by atoms with E-state index in [4.69, 9.17) is 9.72 Å². The Bertz CT molecular complexity index is 1500. The van der Waals surface area contributed by atoms with Gasteiger partial charge in [-0.1, -0.05) is 53.2 Å². The van der Waals surface area contributed by atoms with Crippen LogP contribution in [0.4, 0.5) is 0 Å². The molecule has 0 bridgehead atoms. The van der Waals surface area contributed by atoms with E-state index >= 15 is 0 Å². The van der Waals surface area contributed by atoms with Crippen molar-refractivity contribution in [3.8, 4) is 0 Å². The lowest BCUT2D eigenvalue weighted by atomic mass is 9.98. The van der Waals surface area contributed by atoms with Gasteiger partial charge in [-0.2, -0.15) is 0 Å². The van der Waals surface area contributed by atoms with Gasteiger partial charge >= 0.3 is 5.97 Å². The number of ether oxygens (including phenoxy) is 1. The number of rotatable bonds is 10. The number of piperidine rings is 1. The molecule has 1 aliphatic rings. The molecular formula is C31H37N5O3S. The lowest BCUT2D eigenvalue weighted by Gasteiger charge is -2.31. The monoisotopic (exact) mass is 559 g/mol. The fourth-order valence-electron chi connectivity index (χ4n) is 5.31. The first-order valence-corrected chi connectivity index (χ1v) is 15.2. The number of thioether (sulfide) groups is 1. The van der Waals surface area contributed by atoms with Crippen molar-refractivity contribution in [2.24, 2.45) is 5.92 Å². The minimum absolute atomic E-state index is 0.120. The highest BCUT2D eigenvalue weighted by Crippen LogP contribution is 2.29. The first-order valence-electron chi connectivity index (χ1n) is 14.2. The van der Waals surface area contributed by atoms with Crippen LogP contribution in [-0.2, 0) is 20.9 Å². The van der Waals surface area contributed by atoms with Crippen molar-refractivity contribution in [3.63, 3.8) is 0 Å². The Morgan fingerprint density at radius 1 is 1.05 bits per heavy atom. The highest BCUT2D eigenvalue weighted by atomic mass is 32.2. The van der Waals surface area contributed by atoms with Gasteiger partial charge in [0.15, 0.2) is 5.65 Å². The summed E-state index contributed by atoms with van der Waals surface area (Å²) < 4.78 is 7.39. The normalized spacial score (nSPS) is 15.6. The van der Waals surface area contributed by atoms with Crippen LogP contribution in [0.1, 0.15) is 55.7 Å². The third kappa shape index (κ3) is 6.46. The zero-order chi connectivity index (χ0) is 28.1. The third-order valence-corrected chi connectivity index (χ3v) is 8.40. The second kappa shape index (κ2) is 12.8. The minimum Gasteiger partial charge on any atom is -0.466 e. The molecule has 40 heavy (non-hydrogen) atoms. The molecule has 9 heteroatoms. The molecule has 1 fully saturated rings. The van der Waals surface area contributed by atoms with Crippen LogP contribution in [0, 0.1) is 19.8 Å². The Kier molecular flexibility index (Phi) is 8.99. The summed E-state index contributed by atoms with van der Waals surface area (Å²) in [7, 11) is 0. The highest BCUT2D eigenvalue weighted by molar-refractivity contribution is 7.99. The third-order valence-electron chi connectivity index (χ3n) is 7.47. The van der Waals surface area contributed by atoms with Crippen LogP contribution in [0.15, 0.2) is 47.6 Å². The Morgan fingerprint density at radius 3 is 2.65 bits per heavy atom. The van der Waals surface area contributed by atoms with Gasteiger partial charge in [0.05, 0.1) is 18.0 Å². The number of amides is 1. The lowest BCUT2D eigenvalue weighted by molar-refractivity contribution is -0.151. The van der Waals surface area contributed by atoms with Crippen LogP contribution < -0.4 is 0 Å². The number of aromatic nitrogens is 4. The van der Waals surface area contributed by atoms with Gasteiger partial charge in [0.1, 0.15) is 5.52 Å². The summed E-state index contributed by atoms with van der Waals surface area (Å²) in [6.07, 6.45) is 3.78.